The van der Waals surface area contributed by atoms with E-state index in [4.69, 9.17) is 5.10 Å². The zero-order chi connectivity index (χ0) is 18.8. The fourth-order valence-electron chi connectivity index (χ4n) is 4.28. The lowest BCUT2D eigenvalue weighted by atomic mass is 10.1. The van der Waals surface area contributed by atoms with Gasteiger partial charge in [0.2, 0.25) is 0 Å². The van der Waals surface area contributed by atoms with Crippen molar-refractivity contribution in [2.45, 2.75) is 38.4 Å². The minimum Gasteiger partial charge on any atom is -0.312 e. The molecule has 5 rings (SSSR count). The number of likely N-dealkylation sites (tertiary alicyclic amines) is 1. The quantitative estimate of drug-likeness (QED) is 0.623. The van der Waals surface area contributed by atoms with Gasteiger partial charge in [-0.25, -0.2) is 0 Å². The molecule has 0 radical (unpaired) electrons. The van der Waals surface area contributed by atoms with Crippen LogP contribution < -0.4 is 5.32 Å². The Labute approximate surface area is 171 Å². The van der Waals surface area contributed by atoms with Crippen LogP contribution in [0.2, 0.25) is 0 Å². The van der Waals surface area contributed by atoms with Crippen LogP contribution in [0.25, 0.3) is 10.6 Å². The van der Waals surface area contributed by atoms with E-state index in [0.717, 1.165) is 37.3 Å². The Balaban J connectivity index is 1.24. The lowest BCUT2D eigenvalue weighted by Crippen LogP contribution is -2.27. The molecule has 0 amide bonds. The first kappa shape index (κ1) is 18.1. The van der Waals surface area contributed by atoms with Crippen LogP contribution in [-0.4, -0.2) is 40.4 Å². The van der Waals surface area contributed by atoms with Crippen LogP contribution in [0.5, 0.6) is 0 Å². The second-order valence-corrected chi connectivity index (χ2v) is 9.12. The monoisotopic (exact) mass is 392 g/mol. The maximum absolute atomic E-state index is 4.92. The van der Waals surface area contributed by atoms with Gasteiger partial charge in [0, 0.05) is 30.9 Å². The average molecular weight is 393 g/mol. The third-order valence-electron chi connectivity index (χ3n) is 5.91. The van der Waals surface area contributed by atoms with E-state index in [9.17, 15) is 0 Å². The Hall–Kier alpha value is -1.95. The van der Waals surface area contributed by atoms with Crippen LogP contribution in [0.4, 0.5) is 0 Å². The summed E-state index contributed by atoms with van der Waals surface area (Å²) in [6.07, 6.45) is 6.41. The molecule has 2 aromatic heterocycles. The van der Waals surface area contributed by atoms with Crippen molar-refractivity contribution in [3.63, 3.8) is 0 Å². The van der Waals surface area contributed by atoms with Crippen LogP contribution in [0.3, 0.4) is 0 Å². The highest BCUT2D eigenvalue weighted by Gasteiger charge is 2.34. The predicted molar refractivity (Wildman–Crippen MR) is 115 cm³/mol. The molecular formula is C23H28N4S. The molecule has 1 aromatic carbocycles. The average Bonchev–Trinajstić information content (AvgIpc) is 3.11. The number of benzene rings is 1. The molecule has 1 aliphatic heterocycles. The van der Waals surface area contributed by atoms with Crippen molar-refractivity contribution in [1.29, 1.82) is 0 Å². The van der Waals surface area contributed by atoms with E-state index in [-0.39, 0.29) is 0 Å². The van der Waals surface area contributed by atoms with Crippen LogP contribution in [0.15, 0.2) is 54.0 Å². The largest absolute Gasteiger partial charge is 0.312 e. The normalized spacial score (nSPS) is 20.1. The van der Waals surface area contributed by atoms with Crippen molar-refractivity contribution in [2.75, 3.05) is 19.6 Å². The van der Waals surface area contributed by atoms with Crippen molar-refractivity contribution < 1.29 is 0 Å². The van der Waals surface area contributed by atoms with E-state index < -0.39 is 0 Å². The molecule has 1 atom stereocenters. The van der Waals surface area contributed by atoms with Gasteiger partial charge in [0.05, 0.1) is 11.4 Å². The minimum absolute atomic E-state index is 0.796. The molecule has 1 saturated heterocycles. The third kappa shape index (κ3) is 4.22. The van der Waals surface area contributed by atoms with Gasteiger partial charge >= 0.3 is 0 Å². The number of nitrogens with one attached hydrogen (secondary N) is 1. The summed E-state index contributed by atoms with van der Waals surface area (Å²) in [6.45, 7) is 5.40. The maximum atomic E-state index is 4.92. The fraction of sp³-hybridized carbons (Fsp3) is 0.435. The molecule has 2 aliphatic rings. The Bertz CT molecular complexity index is 883. The molecule has 146 valence electrons. The first-order chi connectivity index (χ1) is 13.8. The highest BCUT2D eigenvalue weighted by molar-refractivity contribution is 7.13. The van der Waals surface area contributed by atoms with E-state index in [2.05, 4.69) is 68.9 Å². The molecule has 1 saturated carbocycles. The molecule has 1 unspecified atom stereocenters. The molecular weight excluding hydrogens is 364 g/mol. The van der Waals surface area contributed by atoms with Crippen LogP contribution in [0.1, 0.15) is 30.4 Å². The molecule has 28 heavy (non-hydrogen) atoms. The Morgan fingerprint density at radius 2 is 1.96 bits per heavy atom. The van der Waals surface area contributed by atoms with Gasteiger partial charge in [0.1, 0.15) is 5.69 Å². The van der Waals surface area contributed by atoms with Gasteiger partial charge in [0.25, 0.3) is 0 Å². The smallest absolute Gasteiger partial charge is 0.107 e. The summed E-state index contributed by atoms with van der Waals surface area (Å²) in [5, 5.41) is 10.8. The van der Waals surface area contributed by atoms with Gasteiger partial charge in [-0.1, -0.05) is 36.4 Å². The molecule has 1 N–H and O–H groups in total. The Morgan fingerprint density at radius 1 is 1.07 bits per heavy atom. The van der Waals surface area contributed by atoms with Gasteiger partial charge in [-0.2, -0.15) is 5.10 Å². The topological polar surface area (TPSA) is 33.1 Å². The fourth-order valence-corrected chi connectivity index (χ4v) is 5.02. The lowest BCUT2D eigenvalue weighted by Gasteiger charge is -2.15. The van der Waals surface area contributed by atoms with Gasteiger partial charge < -0.3 is 10.2 Å². The van der Waals surface area contributed by atoms with Gasteiger partial charge in [-0.05, 0) is 55.3 Å². The lowest BCUT2D eigenvalue weighted by molar-refractivity contribution is 0.312. The first-order valence-electron chi connectivity index (χ1n) is 10.4. The second kappa shape index (κ2) is 8.19. The Kier molecular flexibility index (Phi) is 5.30. The van der Waals surface area contributed by atoms with Crippen LogP contribution >= 0.6 is 11.3 Å². The minimum atomic E-state index is 0.796. The second-order valence-electron chi connectivity index (χ2n) is 8.18. The van der Waals surface area contributed by atoms with Gasteiger partial charge in [0.15, 0.2) is 0 Å². The number of thiophene rings is 1. The summed E-state index contributed by atoms with van der Waals surface area (Å²) in [4.78, 5) is 3.95. The molecule has 0 spiro atoms. The van der Waals surface area contributed by atoms with E-state index in [1.54, 1.807) is 11.3 Å². The summed E-state index contributed by atoms with van der Waals surface area (Å²) in [6, 6.07) is 15.8. The molecule has 3 heterocycles. The van der Waals surface area contributed by atoms with Gasteiger partial charge in [-0.15, -0.1) is 11.3 Å². The maximum Gasteiger partial charge on any atom is 0.107 e. The van der Waals surface area contributed by atoms with E-state index in [1.165, 1.54) is 48.4 Å². The molecule has 2 fully saturated rings. The van der Waals surface area contributed by atoms with E-state index in [0.29, 0.717) is 0 Å². The van der Waals surface area contributed by atoms with E-state index >= 15 is 0 Å². The SMILES string of the molecule is c1ccc(Cn2cc(CNCC3CCN(C4CC4)C3)c(-c3cccs3)n2)cc1. The van der Waals surface area contributed by atoms with Crippen molar-refractivity contribution >= 4 is 11.3 Å². The first-order valence-corrected chi connectivity index (χ1v) is 11.3. The summed E-state index contributed by atoms with van der Waals surface area (Å²) >= 11 is 1.77. The Morgan fingerprint density at radius 3 is 2.75 bits per heavy atom. The number of hydrogen-bond acceptors (Lipinski definition) is 4. The number of aromatic nitrogens is 2. The van der Waals surface area contributed by atoms with Crippen molar-refractivity contribution in [2.24, 2.45) is 5.92 Å². The van der Waals surface area contributed by atoms with Crippen molar-refractivity contribution in [3.05, 3.63) is 65.2 Å². The zero-order valence-electron chi connectivity index (χ0n) is 16.3. The molecule has 3 aromatic rings. The van der Waals surface area contributed by atoms with Crippen molar-refractivity contribution in [1.82, 2.24) is 20.0 Å². The molecule has 1 aliphatic carbocycles. The zero-order valence-corrected chi connectivity index (χ0v) is 17.1. The molecule has 0 bridgehead atoms. The summed E-state index contributed by atoms with van der Waals surface area (Å²) in [7, 11) is 0. The van der Waals surface area contributed by atoms with Crippen molar-refractivity contribution in [3.8, 4) is 10.6 Å². The molecule has 5 heteroatoms. The summed E-state index contributed by atoms with van der Waals surface area (Å²) in [5.41, 5.74) is 3.72. The van der Waals surface area contributed by atoms with E-state index in [1.807, 2.05) is 0 Å². The van der Waals surface area contributed by atoms with Crippen LogP contribution in [0, 0.1) is 5.92 Å². The standard InChI is InChI=1S/C23H28N4S/c1-2-5-18(6-3-1)16-27-17-20(23(25-27)22-7-4-12-28-22)14-24-13-19-10-11-26(15-19)21-8-9-21/h1-7,12,17,19,21,24H,8-11,13-16H2. The van der Waals surface area contributed by atoms with Crippen LogP contribution in [-0.2, 0) is 13.1 Å². The number of nitrogens with zero attached hydrogens (tertiary/aromatic N) is 3. The predicted octanol–water partition coefficient (Wildman–Crippen LogP) is 4.23. The highest BCUT2D eigenvalue weighted by Crippen LogP contribution is 2.31. The summed E-state index contributed by atoms with van der Waals surface area (Å²) < 4.78 is 2.09. The molecule has 4 nitrogen and oxygen atoms in total. The summed E-state index contributed by atoms with van der Waals surface area (Å²) in [5.74, 6) is 0.796. The van der Waals surface area contributed by atoms with Gasteiger partial charge in [-0.3, -0.25) is 4.68 Å². The number of rotatable bonds is 8. The third-order valence-corrected chi connectivity index (χ3v) is 6.79. The number of hydrogen-bond donors (Lipinski definition) is 1. The highest BCUT2D eigenvalue weighted by atomic mass is 32.1.